The normalized spacial score (nSPS) is 10.5. The van der Waals surface area contributed by atoms with E-state index in [1.165, 1.54) is 6.07 Å². The Kier molecular flexibility index (Phi) is 8.66. The Bertz CT molecular complexity index is 702. The van der Waals surface area contributed by atoms with Crippen LogP contribution in [0.4, 0.5) is 0 Å². The van der Waals surface area contributed by atoms with Crippen molar-refractivity contribution in [2.24, 2.45) is 0 Å². The molecule has 2 aromatic rings. The van der Waals surface area contributed by atoms with Gasteiger partial charge in [0.15, 0.2) is 3.57 Å². The summed E-state index contributed by atoms with van der Waals surface area (Å²) in [6.45, 7) is 1.82. The first-order valence-electron chi connectivity index (χ1n) is 7.98. The van der Waals surface area contributed by atoms with Gasteiger partial charge >= 0.3 is 21.2 Å². The highest BCUT2D eigenvalue weighted by atomic mass is 127. The van der Waals surface area contributed by atoms with Crippen LogP contribution in [0.3, 0.4) is 0 Å². The fourth-order valence-electron chi connectivity index (χ4n) is 2.03. The molecule has 0 heterocycles. The van der Waals surface area contributed by atoms with E-state index < -0.39 is 27.2 Å². The SMILES string of the molecule is COCCOc1ccc([I+]c2ccc(OCCOC)cc2C(=O)[O-])cc1. The molecule has 0 radical (unpaired) electrons. The highest BCUT2D eigenvalue weighted by molar-refractivity contribution is 5.86. The van der Waals surface area contributed by atoms with Gasteiger partial charge in [0.05, 0.1) is 24.7 Å². The van der Waals surface area contributed by atoms with Crippen molar-refractivity contribution in [3.63, 3.8) is 0 Å². The number of hydrogen-bond acceptors (Lipinski definition) is 6. The summed E-state index contributed by atoms with van der Waals surface area (Å²) in [5.41, 5.74) is 0.174. The van der Waals surface area contributed by atoms with E-state index in [1.54, 1.807) is 26.4 Å². The summed E-state index contributed by atoms with van der Waals surface area (Å²) in [6, 6.07) is 12.8. The van der Waals surface area contributed by atoms with E-state index in [4.69, 9.17) is 18.9 Å². The molecule has 0 saturated heterocycles. The maximum absolute atomic E-state index is 11.5. The molecule has 2 rings (SSSR count). The van der Waals surface area contributed by atoms with E-state index in [1.807, 2.05) is 24.3 Å². The predicted octanol–water partition coefficient (Wildman–Crippen LogP) is -1.77. The lowest BCUT2D eigenvalue weighted by Crippen LogP contribution is -3.61. The lowest BCUT2D eigenvalue weighted by Gasteiger charge is -2.08. The highest BCUT2D eigenvalue weighted by Crippen LogP contribution is 2.13. The van der Waals surface area contributed by atoms with E-state index in [-0.39, 0.29) is 5.56 Å². The van der Waals surface area contributed by atoms with Gasteiger partial charge in [0.2, 0.25) is 3.57 Å². The molecule has 0 fully saturated rings. The number of halogens is 1. The lowest BCUT2D eigenvalue weighted by molar-refractivity contribution is -0.598. The van der Waals surface area contributed by atoms with Crippen molar-refractivity contribution in [1.82, 2.24) is 0 Å². The molecule has 2 aromatic carbocycles. The minimum absolute atomic E-state index is 0.174. The van der Waals surface area contributed by atoms with Gasteiger partial charge < -0.3 is 28.8 Å². The van der Waals surface area contributed by atoms with E-state index in [0.717, 1.165) is 12.9 Å². The van der Waals surface area contributed by atoms with Crippen LogP contribution in [-0.4, -0.2) is 46.6 Å². The predicted molar refractivity (Wildman–Crippen MR) is 89.4 cm³/mol. The van der Waals surface area contributed by atoms with Crippen molar-refractivity contribution in [3.8, 4) is 11.5 Å². The van der Waals surface area contributed by atoms with Gasteiger partial charge in [-0.1, -0.05) is 0 Å². The summed E-state index contributed by atoms with van der Waals surface area (Å²) in [6.07, 6.45) is 0. The standard InChI is InChI=1S/C19H21IO6/c1-23-9-11-25-15-5-3-14(4-6-15)20-18-8-7-16(26-12-10-24-2)13-17(18)19(21)22/h3-8,13H,9-12H2,1-2H3. The number of carbonyl (C=O) groups excluding carboxylic acids is 1. The fourth-order valence-corrected chi connectivity index (χ4v) is 4.45. The Morgan fingerprint density at radius 1 is 0.885 bits per heavy atom. The molecule has 0 N–H and O–H groups in total. The molecule has 0 aliphatic heterocycles. The van der Waals surface area contributed by atoms with Crippen LogP contribution in [0.2, 0.25) is 0 Å². The molecule has 0 aliphatic carbocycles. The summed E-state index contributed by atoms with van der Waals surface area (Å²) in [4.78, 5) is 11.5. The van der Waals surface area contributed by atoms with Crippen molar-refractivity contribution in [3.05, 3.63) is 55.2 Å². The Hall–Kier alpha value is -1.84. The van der Waals surface area contributed by atoms with Gasteiger partial charge in [-0.3, -0.25) is 0 Å². The first kappa shape index (κ1) is 20.5. The summed E-state index contributed by atoms with van der Waals surface area (Å²) in [5.74, 6) is 0.0594. The third-order valence-corrected chi connectivity index (χ3v) is 6.16. The van der Waals surface area contributed by atoms with E-state index in [0.29, 0.717) is 32.2 Å². The molecule has 0 spiro atoms. The van der Waals surface area contributed by atoms with Crippen LogP contribution in [-0.2, 0) is 9.47 Å². The summed E-state index contributed by atoms with van der Waals surface area (Å²) in [5, 5.41) is 11.5. The third-order valence-electron chi connectivity index (χ3n) is 3.29. The monoisotopic (exact) mass is 472 g/mol. The molecule has 6 nitrogen and oxygen atoms in total. The number of aromatic carboxylic acids is 1. The maximum atomic E-state index is 11.5. The number of hydrogen-bond donors (Lipinski definition) is 0. The second-order valence-corrected chi connectivity index (χ2v) is 8.11. The van der Waals surface area contributed by atoms with Crippen LogP contribution >= 0.6 is 0 Å². The van der Waals surface area contributed by atoms with Crippen molar-refractivity contribution in [1.29, 1.82) is 0 Å². The van der Waals surface area contributed by atoms with Crippen LogP contribution in [0.25, 0.3) is 0 Å². The number of carbonyl (C=O) groups is 1. The average Bonchev–Trinajstić information content (AvgIpc) is 2.64. The number of ether oxygens (including phenoxy) is 4. The maximum Gasteiger partial charge on any atom is 0.358 e. The van der Waals surface area contributed by atoms with Gasteiger partial charge in [-0.05, 0) is 42.5 Å². The molecular formula is C19H21IO6. The molecular weight excluding hydrogens is 451 g/mol. The smallest absolute Gasteiger partial charge is 0.358 e. The van der Waals surface area contributed by atoms with Crippen LogP contribution in [0.15, 0.2) is 42.5 Å². The number of carboxylic acids is 1. The Morgan fingerprint density at radius 2 is 1.46 bits per heavy atom. The van der Waals surface area contributed by atoms with Gasteiger partial charge in [0.1, 0.15) is 24.7 Å². The first-order chi connectivity index (χ1) is 12.6. The fraction of sp³-hybridized carbons (Fsp3) is 0.316. The molecule has 0 aromatic heterocycles. The zero-order chi connectivity index (χ0) is 18.8. The molecule has 0 aliphatic rings. The molecule has 26 heavy (non-hydrogen) atoms. The molecule has 0 bridgehead atoms. The van der Waals surface area contributed by atoms with Crippen molar-refractivity contribution >= 4 is 5.97 Å². The number of benzene rings is 2. The third kappa shape index (κ3) is 6.47. The van der Waals surface area contributed by atoms with Crippen molar-refractivity contribution in [2.45, 2.75) is 0 Å². The van der Waals surface area contributed by atoms with E-state index in [9.17, 15) is 9.90 Å². The van der Waals surface area contributed by atoms with Crippen molar-refractivity contribution in [2.75, 3.05) is 40.6 Å². The topological polar surface area (TPSA) is 77.0 Å². The van der Waals surface area contributed by atoms with Crippen LogP contribution < -0.4 is 35.8 Å². The van der Waals surface area contributed by atoms with Gasteiger partial charge in [0, 0.05) is 14.2 Å². The van der Waals surface area contributed by atoms with Gasteiger partial charge in [-0.2, -0.15) is 0 Å². The average molecular weight is 472 g/mol. The molecule has 140 valence electrons. The largest absolute Gasteiger partial charge is 0.545 e. The zero-order valence-corrected chi connectivity index (χ0v) is 16.9. The quantitative estimate of drug-likeness (QED) is 0.285. The Morgan fingerprint density at radius 3 is 2.04 bits per heavy atom. The van der Waals surface area contributed by atoms with E-state index >= 15 is 0 Å². The molecule has 0 atom stereocenters. The van der Waals surface area contributed by atoms with E-state index in [2.05, 4.69) is 0 Å². The molecule has 0 saturated carbocycles. The molecule has 7 heteroatoms. The van der Waals surface area contributed by atoms with Crippen LogP contribution in [0.5, 0.6) is 11.5 Å². The Labute approximate surface area is 163 Å². The second-order valence-electron chi connectivity index (χ2n) is 5.16. The highest BCUT2D eigenvalue weighted by Gasteiger charge is 2.21. The van der Waals surface area contributed by atoms with Gasteiger partial charge in [-0.25, -0.2) is 0 Å². The van der Waals surface area contributed by atoms with Gasteiger partial charge in [0.25, 0.3) is 0 Å². The zero-order valence-electron chi connectivity index (χ0n) is 14.7. The summed E-state index contributed by atoms with van der Waals surface area (Å²) >= 11 is -0.667. The Balaban J connectivity index is 2.06. The minimum atomic E-state index is -1.20. The van der Waals surface area contributed by atoms with Crippen LogP contribution in [0, 0.1) is 7.14 Å². The number of carboxylic acid groups (broad SMARTS) is 1. The molecule has 0 amide bonds. The van der Waals surface area contributed by atoms with Crippen molar-refractivity contribution < 1.29 is 50.1 Å². The first-order valence-corrected chi connectivity index (χ1v) is 10.1. The lowest BCUT2D eigenvalue weighted by atomic mass is 10.2. The number of rotatable bonds is 11. The summed E-state index contributed by atoms with van der Waals surface area (Å²) < 4.78 is 22.7. The van der Waals surface area contributed by atoms with Gasteiger partial charge in [-0.15, -0.1) is 0 Å². The minimum Gasteiger partial charge on any atom is -0.545 e. The second kappa shape index (κ2) is 11.0. The molecule has 0 unspecified atom stereocenters. The number of methoxy groups -OCH3 is 2. The van der Waals surface area contributed by atoms with Crippen LogP contribution in [0.1, 0.15) is 10.4 Å². The summed E-state index contributed by atoms with van der Waals surface area (Å²) in [7, 11) is 3.21.